The lowest BCUT2D eigenvalue weighted by molar-refractivity contribution is 0.301. The van der Waals surface area contributed by atoms with Crippen LogP contribution < -0.4 is 25.3 Å². The van der Waals surface area contributed by atoms with Crippen LogP contribution in [0, 0.1) is 0 Å². The van der Waals surface area contributed by atoms with Crippen LogP contribution in [0.2, 0.25) is 0 Å². The summed E-state index contributed by atoms with van der Waals surface area (Å²) >= 11 is 0. The van der Waals surface area contributed by atoms with Crippen molar-refractivity contribution in [1.29, 1.82) is 0 Å². The molecule has 7 heteroatoms. The first-order chi connectivity index (χ1) is 14.7. The van der Waals surface area contributed by atoms with E-state index in [4.69, 9.17) is 19.9 Å². The second kappa shape index (κ2) is 10.7. The molecule has 0 radical (unpaired) electrons. The second-order valence-corrected chi connectivity index (χ2v) is 6.50. The zero-order valence-corrected chi connectivity index (χ0v) is 17.2. The molecular weight excluding hydrogens is 380 g/mol. The third kappa shape index (κ3) is 6.13. The summed E-state index contributed by atoms with van der Waals surface area (Å²) in [4.78, 5) is 8.66. The van der Waals surface area contributed by atoms with Gasteiger partial charge >= 0.3 is 0 Å². The van der Waals surface area contributed by atoms with Crippen molar-refractivity contribution in [1.82, 2.24) is 10.3 Å². The number of pyridine rings is 1. The third-order valence-electron chi connectivity index (χ3n) is 4.36. The number of nitrogens with one attached hydrogen (secondary N) is 1. The van der Waals surface area contributed by atoms with Gasteiger partial charge < -0.3 is 25.3 Å². The molecule has 0 saturated heterocycles. The van der Waals surface area contributed by atoms with E-state index in [0.717, 1.165) is 22.6 Å². The van der Waals surface area contributed by atoms with Gasteiger partial charge in [0, 0.05) is 12.7 Å². The minimum absolute atomic E-state index is 0.365. The van der Waals surface area contributed by atoms with Gasteiger partial charge in [-0.2, -0.15) is 0 Å². The molecular formula is C23H26N4O3. The Morgan fingerprint density at radius 1 is 0.967 bits per heavy atom. The van der Waals surface area contributed by atoms with E-state index in [1.165, 1.54) is 0 Å². The lowest BCUT2D eigenvalue weighted by Gasteiger charge is -2.11. The van der Waals surface area contributed by atoms with Gasteiger partial charge in [0.2, 0.25) is 0 Å². The largest absolute Gasteiger partial charge is 0.493 e. The summed E-state index contributed by atoms with van der Waals surface area (Å²) in [6.07, 6.45) is 1.75. The number of ether oxygens (including phenoxy) is 3. The Morgan fingerprint density at radius 3 is 2.60 bits per heavy atom. The zero-order chi connectivity index (χ0) is 21.2. The zero-order valence-electron chi connectivity index (χ0n) is 17.2. The molecule has 3 rings (SSSR count). The van der Waals surface area contributed by atoms with Crippen molar-refractivity contribution in [3.8, 4) is 17.2 Å². The summed E-state index contributed by atoms with van der Waals surface area (Å²) in [5, 5.41) is 3.11. The van der Waals surface area contributed by atoms with Crippen LogP contribution >= 0.6 is 0 Å². The Kier molecular flexibility index (Phi) is 7.49. The molecule has 1 aromatic heterocycles. The third-order valence-corrected chi connectivity index (χ3v) is 4.36. The summed E-state index contributed by atoms with van der Waals surface area (Å²) < 4.78 is 16.4. The molecule has 3 N–H and O–H groups in total. The van der Waals surface area contributed by atoms with Crippen molar-refractivity contribution in [2.45, 2.75) is 19.7 Å². The van der Waals surface area contributed by atoms with Crippen molar-refractivity contribution < 1.29 is 14.2 Å². The number of rotatable bonds is 9. The first-order valence-corrected chi connectivity index (χ1v) is 9.54. The fourth-order valence-corrected chi connectivity index (χ4v) is 2.79. The van der Waals surface area contributed by atoms with E-state index in [2.05, 4.69) is 15.3 Å². The van der Waals surface area contributed by atoms with Gasteiger partial charge in [-0.1, -0.05) is 24.3 Å². The lowest BCUT2D eigenvalue weighted by atomic mass is 10.2. The van der Waals surface area contributed by atoms with Gasteiger partial charge in [-0.05, 0) is 47.5 Å². The summed E-state index contributed by atoms with van der Waals surface area (Å²) in [5.74, 6) is 2.50. The van der Waals surface area contributed by atoms with Gasteiger partial charge in [0.1, 0.15) is 12.4 Å². The number of hydrogen-bond donors (Lipinski definition) is 2. The molecule has 0 aliphatic carbocycles. The molecule has 3 aromatic rings. The first-order valence-electron chi connectivity index (χ1n) is 9.54. The molecule has 0 aliphatic rings. The molecule has 1 heterocycles. The molecule has 0 bridgehead atoms. The predicted molar refractivity (Wildman–Crippen MR) is 117 cm³/mol. The average Bonchev–Trinajstić information content (AvgIpc) is 2.80. The van der Waals surface area contributed by atoms with Crippen LogP contribution in [0.5, 0.6) is 17.2 Å². The minimum atomic E-state index is 0.365. The standard InChI is InChI=1S/C23H26N4O3/c1-28-21-10-9-18(13-22(21)29-2)15-27-23(24)26-14-17-6-5-8-20(12-17)30-16-19-7-3-4-11-25-19/h3-13H,14-16H2,1-2H3,(H3,24,26,27). The van der Waals surface area contributed by atoms with Gasteiger partial charge in [0.25, 0.3) is 0 Å². The highest BCUT2D eigenvalue weighted by atomic mass is 16.5. The molecule has 0 saturated carbocycles. The Morgan fingerprint density at radius 2 is 1.83 bits per heavy atom. The van der Waals surface area contributed by atoms with E-state index in [-0.39, 0.29) is 0 Å². The number of nitrogens with zero attached hydrogens (tertiary/aromatic N) is 2. The van der Waals surface area contributed by atoms with E-state index in [9.17, 15) is 0 Å². The number of hydrogen-bond acceptors (Lipinski definition) is 5. The second-order valence-electron chi connectivity index (χ2n) is 6.50. The number of methoxy groups -OCH3 is 2. The predicted octanol–water partition coefficient (Wildman–Crippen LogP) is 3.28. The van der Waals surface area contributed by atoms with Crippen LogP contribution in [0.1, 0.15) is 16.8 Å². The molecule has 0 amide bonds. The Bertz CT molecular complexity index is 977. The van der Waals surface area contributed by atoms with Crippen LogP contribution in [-0.2, 0) is 19.7 Å². The van der Waals surface area contributed by atoms with E-state index in [1.54, 1.807) is 20.4 Å². The summed E-state index contributed by atoms with van der Waals surface area (Å²) in [6, 6.07) is 19.2. The highest BCUT2D eigenvalue weighted by molar-refractivity contribution is 5.77. The Labute approximate surface area is 176 Å². The van der Waals surface area contributed by atoms with E-state index in [1.807, 2.05) is 60.7 Å². The van der Waals surface area contributed by atoms with Crippen LogP contribution in [0.4, 0.5) is 0 Å². The fraction of sp³-hybridized carbons (Fsp3) is 0.217. The van der Waals surface area contributed by atoms with Crippen molar-refractivity contribution in [2.75, 3.05) is 14.2 Å². The molecule has 2 aromatic carbocycles. The number of benzene rings is 2. The van der Waals surface area contributed by atoms with Gasteiger partial charge in [-0.25, -0.2) is 4.99 Å². The summed E-state index contributed by atoms with van der Waals surface area (Å²) in [6.45, 7) is 1.40. The molecule has 0 unspecified atom stereocenters. The highest BCUT2D eigenvalue weighted by Crippen LogP contribution is 2.27. The SMILES string of the molecule is COc1ccc(CNC(N)=NCc2cccc(OCc3ccccn3)c2)cc1OC. The number of guanidine groups is 1. The van der Waals surface area contributed by atoms with E-state index >= 15 is 0 Å². The van der Waals surface area contributed by atoms with Crippen molar-refractivity contribution in [2.24, 2.45) is 10.7 Å². The Hall–Kier alpha value is -3.74. The van der Waals surface area contributed by atoms with E-state index in [0.29, 0.717) is 37.2 Å². The molecule has 0 fully saturated rings. The van der Waals surface area contributed by atoms with Crippen LogP contribution in [0.25, 0.3) is 0 Å². The molecule has 0 aliphatic heterocycles. The monoisotopic (exact) mass is 406 g/mol. The molecule has 7 nitrogen and oxygen atoms in total. The number of nitrogens with two attached hydrogens (primary N) is 1. The highest BCUT2D eigenvalue weighted by Gasteiger charge is 2.05. The van der Waals surface area contributed by atoms with Crippen LogP contribution in [-0.4, -0.2) is 25.2 Å². The topological polar surface area (TPSA) is 91.0 Å². The Balaban J connectivity index is 1.52. The minimum Gasteiger partial charge on any atom is -0.493 e. The van der Waals surface area contributed by atoms with Gasteiger partial charge in [0.05, 0.1) is 26.5 Å². The van der Waals surface area contributed by atoms with Crippen molar-refractivity contribution >= 4 is 5.96 Å². The molecule has 0 atom stereocenters. The van der Waals surface area contributed by atoms with Gasteiger partial charge in [-0.3, -0.25) is 4.98 Å². The van der Waals surface area contributed by atoms with Crippen molar-refractivity contribution in [3.63, 3.8) is 0 Å². The number of aromatic nitrogens is 1. The lowest BCUT2D eigenvalue weighted by Crippen LogP contribution is -2.31. The van der Waals surface area contributed by atoms with Gasteiger partial charge in [0.15, 0.2) is 17.5 Å². The van der Waals surface area contributed by atoms with Crippen LogP contribution in [0.15, 0.2) is 71.9 Å². The van der Waals surface area contributed by atoms with E-state index < -0.39 is 0 Å². The van der Waals surface area contributed by atoms with Crippen molar-refractivity contribution in [3.05, 3.63) is 83.7 Å². The maximum absolute atomic E-state index is 6.01. The quantitative estimate of drug-likeness (QED) is 0.419. The first kappa shape index (κ1) is 21.0. The normalized spacial score (nSPS) is 11.1. The number of aliphatic imine (C=N–C) groups is 1. The maximum atomic E-state index is 6.01. The summed E-state index contributed by atoms with van der Waals surface area (Å²) in [7, 11) is 3.22. The molecule has 156 valence electrons. The van der Waals surface area contributed by atoms with Gasteiger partial charge in [-0.15, -0.1) is 0 Å². The smallest absolute Gasteiger partial charge is 0.189 e. The maximum Gasteiger partial charge on any atom is 0.189 e. The average molecular weight is 406 g/mol. The summed E-state index contributed by atoms with van der Waals surface area (Å²) in [5.41, 5.74) is 8.91. The molecule has 30 heavy (non-hydrogen) atoms. The molecule has 0 spiro atoms. The van der Waals surface area contributed by atoms with Crippen LogP contribution in [0.3, 0.4) is 0 Å². The fourth-order valence-electron chi connectivity index (χ4n) is 2.79.